The molecule has 0 unspecified atom stereocenters. The minimum atomic E-state index is -0.505. The normalized spacial score (nSPS) is 21.8. The molecule has 1 aliphatic heterocycles. The van der Waals surface area contributed by atoms with Gasteiger partial charge in [-0.05, 0) is 43.9 Å². The molecule has 2 fully saturated rings. The van der Waals surface area contributed by atoms with Gasteiger partial charge < -0.3 is 15.0 Å². The van der Waals surface area contributed by atoms with Crippen LogP contribution in [0.2, 0.25) is 0 Å². The van der Waals surface area contributed by atoms with Crippen molar-refractivity contribution in [1.29, 1.82) is 0 Å². The van der Waals surface area contributed by atoms with Crippen molar-refractivity contribution >= 4 is 27.8 Å². The number of ether oxygens (including phenoxy) is 1. The maximum Gasteiger partial charge on any atom is 0.143 e. The number of rotatable bonds is 4. The lowest BCUT2D eigenvalue weighted by atomic mass is 9.90. The average Bonchev–Trinajstić information content (AvgIpc) is 3.22. The Morgan fingerprint density at radius 2 is 1.82 bits per heavy atom. The molecule has 4 heterocycles. The standard InChI is InChI=1S/C25H26F2N6O/c26-16-9-15(12-28-13-16)19-10-20-22(11-21(19)27)32-25-23(20)24(29-14-30-25)31-17-1-3-18(4-2-17)33-5-7-34-8-6-33/h9-14,17-18H,1-8H2,(H2,29,30,31,32)/t17-,18-. The molecule has 0 amide bonds. The molecular formula is C25H26F2N6O. The van der Waals surface area contributed by atoms with Gasteiger partial charge in [0.2, 0.25) is 0 Å². The van der Waals surface area contributed by atoms with E-state index in [0.717, 1.165) is 74.8 Å². The van der Waals surface area contributed by atoms with Crippen LogP contribution in [-0.4, -0.2) is 63.2 Å². The quantitative estimate of drug-likeness (QED) is 0.463. The lowest BCUT2D eigenvalue weighted by Crippen LogP contribution is -2.46. The third-order valence-electron chi connectivity index (χ3n) is 7.09. The molecule has 34 heavy (non-hydrogen) atoms. The molecule has 0 bridgehead atoms. The first-order chi connectivity index (χ1) is 16.7. The summed E-state index contributed by atoms with van der Waals surface area (Å²) < 4.78 is 34.1. The van der Waals surface area contributed by atoms with E-state index in [4.69, 9.17) is 4.74 Å². The Hall–Kier alpha value is -3.17. The molecular weight excluding hydrogens is 438 g/mol. The van der Waals surface area contributed by atoms with Crippen LogP contribution in [0.4, 0.5) is 14.6 Å². The number of pyridine rings is 1. The second kappa shape index (κ2) is 8.88. The summed E-state index contributed by atoms with van der Waals surface area (Å²) in [5.41, 5.74) is 1.95. The van der Waals surface area contributed by atoms with Crippen LogP contribution in [0.25, 0.3) is 33.1 Å². The number of nitrogens with zero attached hydrogens (tertiary/aromatic N) is 4. The minimum absolute atomic E-state index is 0.293. The summed E-state index contributed by atoms with van der Waals surface area (Å²) in [4.78, 5) is 18.5. The zero-order chi connectivity index (χ0) is 23.1. The molecule has 2 aliphatic rings. The van der Waals surface area contributed by atoms with E-state index in [1.165, 1.54) is 24.7 Å². The number of hydrogen-bond donors (Lipinski definition) is 2. The number of halogens is 2. The molecule has 0 atom stereocenters. The first-order valence-electron chi connectivity index (χ1n) is 11.8. The topological polar surface area (TPSA) is 79.0 Å². The monoisotopic (exact) mass is 464 g/mol. The van der Waals surface area contributed by atoms with Crippen LogP contribution in [0, 0.1) is 11.6 Å². The van der Waals surface area contributed by atoms with E-state index < -0.39 is 11.6 Å². The van der Waals surface area contributed by atoms with Crippen molar-refractivity contribution in [2.45, 2.75) is 37.8 Å². The molecule has 9 heteroatoms. The van der Waals surface area contributed by atoms with Gasteiger partial charge in [0.25, 0.3) is 0 Å². The van der Waals surface area contributed by atoms with Crippen molar-refractivity contribution in [3.63, 3.8) is 0 Å². The molecule has 1 saturated carbocycles. The molecule has 2 N–H and O–H groups in total. The number of morpholine rings is 1. The van der Waals surface area contributed by atoms with Gasteiger partial charge in [0.15, 0.2) is 0 Å². The van der Waals surface area contributed by atoms with Gasteiger partial charge in [-0.25, -0.2) is 18.7 Å². The fourth-order valence-electron chi connectivity index (χ4n) is 5.36. The zero-order valence-electron chi connectivity index (χ0n) is 18.7. The van der Waals surface area contributed by atoms with Gasteiger partial charge in [0, 0.05) is 47.9 Å². The molecule has 0 radical (unpaired) electrons. The Balaban J connectivity index is 1.30. The summed E-state index contributed by atoms with van der Waals surface area (Å²) in [5, 5.41) is 5.24. The molecule has 176 valence electrons. The first kappa shape index (κ1) is 21.4. The van der Waals surface area contributed by atoms with Gasteiger partial charge in [-0.15, -0.1) is 0 Å². The summed E-state index contributed by atoms with van der Waals surface area (Å²) in [5.74, 6) is -0.217. The molecule has 3 aromatic heterocycles. The lowest BCUT2D eigenvalue weighted by molar-refractivity contribution is 0.00791. The van der Waals surface area contributed by atoms with Gasteiger partial charge in [0.05, 0.1) is 30.3 Å². The van der Waals surface area contributed by atoms with E-state index >= 15 is 0 Å². The highest BCUT2D eigenvalue weighted by Crippen LogP contribution is 2.35. The predicted molar refractivity (Wildman–Crippen MR) is 127 cm³/mol. The number of hydrogen-bond acceptors (Lipinski definition) is 6. The van der Waals surface area contributed by atoms with Crippen molar-refractivity contribution in [2.75, 3.05) is 31.6 Å². The van der Waals surface area contributed by atoms with Gasteiger partial charge in [-0.1, -0.05) is 0 Å². The zero-order valence-corrected chi connectivity index (χ0v) is 18.7. The number of anilines is 1. The van der Waals surface area contributed by atoms with Crippen LogP contribution in [0.1, 0.15) is 25.7 Å². The van der Waals surface area contributed by atoms with Crippen LogP contribution in [0.15, 0.2) is 36.9 Å². The van der Waals surface area contributed by atoms with Gasteiger partial charge in [-0.3, -0.25) is 9.88 Å². The Labute approximate surface area is 195 Å². The minimum Gasteiger partial charge on any atom is -0.379 e. The van der Waals surface area contributed by atoms with E-state index in [1.807, 2.05) is 0 Å². The average molecular weight is 465 g/mol. The second-order valence-corrected chi connectivity index (χ2v) is 9.14. The van der Waals surface area contributed by atoms with Crippen molar-refractivity contribution in [3.05, 3.63) is 48.6 Å². The van der Waals surface area contributed by atoms with Crippen molar-refractivity contribution in [1.82, 2.24) is 24.8 Å². The van der Waals surface area contributed by atoms with Gasteiger partial charge >= 0.3 is 0 Å². The highest BCUT2D eigenvalue weighted by molar-refractivity contribution is 6.12. The molecule has 1 saturated heterocycles. The fraction of sp³-hybridized carbons (Fsp3) is 0.400. The fourth-order valence-corrected chi connectivity index (χ4v) is 5.36. The molecule has 4 aromatic rings. The van der Waals surface area contributed by atoms with Crippen molar-refractivity contribution in [2.24, 2.45) is 0 Å². The van der Waals surface area contributed by atoms with Gasteiger partial charge in [-0.2, -0.15) is 0 Å². The second-order valence-electron chi connectivity index (χ2n) is 9.14. The van der Waals surface area contributed by atoms with Crippen LogP contribution in [-0.2, 0) is 4.74 Å². The molecule has 1 aliphatic carbocycles. The Morgan fingerprint density at radius 3 is 2.62 bits per heavy atom. The van der Waals surface area contributed by atoms with E-state index in [2.05, 4.69) is 30.2 Å². The predicted octanol–water partition coefficient (Wildman–Crippen LogP) is 4.51. The SMILES string of the molecule is Fc1cncc(-c2cc3c(cc2F)[nH]c2ncnc(N[C@H]4CC[C@H](N5CCOCC5)CC4)c23)c1. The van der Waals surface area contributed by atoms with E-state index in [9.17, 15) is 8.78 Å². The number of aromatic amines is 1. The summed E-state index contributed by atoms with van der Waals surface area (Å²) in [7, 11) is 0. The number of H-pyrrole nitrogens is 1. The third kappa shape index (κ3) is 3.99. The van der Waals surface area contributed by atoms with Crippen molar-refractivity contribution < 1.29 is 13.5 Å². The van der Waals surface area contributed by atoms with Gasteiger partial charge in [0.1, 0.15) is 29.4 Å². The van der Waals surface area contributed by atoms with E-state index in [1.54, 1.807) is 6.07 Å². The number of benzene rings is 1. The highest BCUT2D eigenvalue weighted by Gasteiger charge is 2.27. The summed E-state index contributed by atoms with van der Waals surface area (Å²) in [6.45, 7) is 3.69. The van der Waals surface area contributed by atoms with E-state index in [-0.39, 0.29) is 0 Å². The Morgan fingerprint density at radius 1 is 1.00 bits per heavy atom. The van der Waals surface area contributed by atoms with Crippen LogP contribution in [0.5, 0.6) is 0 Å². The lowest BCUT2D eigenvalue weighted by Gasteiger charge is -2.39. The molecule has 0 spiro atoms. The number of fused-ring (bicyclic) bond motifs is 3. The molecule has 1 aromatic carbocycles. The maximum atomic E-state index is 14.9. The van der Waals surface area contributed by atoms with Crippen molar-refractivity contribution in [3.8, 4) is 11.1 Å². The Kier molecular flexibility index (Phi) is 5.58. The number of nitrogens with one attached hydrogen (secondary N) is 2. The number of aromatic nitrogens is 4. The molecule has 6 rings (SSSR count). The highest BCUT2D eigenvalue weighted by atomic mass is 19.1. The molecule has 7 nitrogen and oxygen atoms in total. The maximum absolute atomic E-state index is 14.9. The summed E-state index contributed by atoms with van der Waals surface area (Å²) >= 11 is 0. The third-order valence-corrected chi connectivity index (χ3v) is 7.09. The van der Waals surface area contributed by atoms with Crippen LogP contribution >= 0.6 is 0 Å². The largest absolute Gasteiger partial charge is 0.379 e. The summed E-state index contributed by atoms with van der Waals surface area (Å²) in [6.07, 6.45) is 8.49. The summed E-state index contributed by atoms with van der Waals surface area (Å²) in [6, 6.07) is 5.37. The first-order valence-corrected chi connectivity index (χ1v) is 11.8. The van der Waals surface area contributed by atoms with Crippen LogP contribution < -0.4 is 5.32 Å². The van der Waals surface area contributed by atoms with Crippen LogP contribution in [0.3, 0.4) is 0 Å². The van der Waals surface area contributed by atoms with E-state index in [0.29, 0.717) is 34.4 Å². The Bertz CT molecular complexity index is 1330. The smallest absolute Gasteiger partial charge is 0.143 e.